The van der Waals surface area contributed by atoms with Crippen molar-refractivity contribution >= 4 is 15.9 Å². The van der Waals surface area contributed by atoms with Gasteiger partial charge in [0.05, 0.1) is 0 Å². The van der Waals surface area contributed by atoms with Gasteiger partial charge in [-0.15, -0.1) is 0 Å². The van der Waals surface area contributed by atoms with Crippen molar-refractivity contribution in [2.24, 2.45) is 0 Å². The maximum atomic E-state index is 11.9. The lowest BCUT2D eigenvalue weighted by Crippen LogP contribution is -2.39. The number of halogens is 1. The minimum atomic E-state index is -1.27. The molecular formula is C21H21BrO3. The third-order valence-electron chi connectivity index (χ3n) is 4.69. The fourth-order valence-corrected chi connectivity index (χ4v) is 3.48. The molecule has 0 aromatic heterocycles. The van der Waals surface area contributed by atoms with Gasteiger partial charge in [0.2, 0.25) is 0 Å². The van der Waals surface area contributed by atoms with Crippen molar-refractivity contribution in [1.82, 2.24) is 0 Å². The van der Waals surface area contributed by atoms with Crippen LogP contribution in [0.3, 0.4) is 0 Å². The van der Waals surface area contributed by atoms with Crippen LogP contribution in [0.15, 0.2) is 82.9 Å². The normalized spacial score (nSPS) is 18.5. The van der Waals surface area contributed by atoms with Crippen LogP contribution in [0.5, 0.6) is 0 Å². The predicted octanol–water partition coefficient (Wildman–Crippen LogP) is 4.56. The number of ether oxygens (including phenoxy) is 2. The Morgan fingerprint density at radius 3 is 2.16 bits per heavy atom. The molecule has 1 unspecified atom stereocenters. The summed E-state index contributed by atoms with van der Waals surface area (Å²) in [7, 11) is 3.22. The lowest BCUT2D eigenvalue weighted by molar-refractivity contribution is -0.172. The molecule has 0 amide bonds. The summed E-state index contributed by atoms with van der Waals surface area (Å²) in [6.45, 7) is 0. The van der Waals surface area contributed by atoms with Crippen LogP contribution in [0.2, 0.25) is 0 Å². The lowest BCUT2D eigenvalue weighted by Gasteiger charge is -2.38. The summed E-state index contributed by atoms with van der Waals surface area (Å²) in [5.74, 6) is -0.873. The zero-order valence-corrected chi connectivity index (χ0v) is 15.9. The highest BCUT2D eigenvalue weighted by molar-refractivity contribution is 9.10. The van der Waals surface area contributed by atoms with Gasteiger partial charge in [0.25, 0.3) is 0 Å². The molecule has 3 nitrogen and oxygen atoms in total. The SMILES string of the molecule is COC1(OC)C=CC=C(C(O)(c2ccccc2)c2ccc(Br)cc2)C1. The summed E-state index contributed by atoms with van der Waals surface area (Å²) in [5, 5.41) is 11.9. The molecule has 0 saturated carbocycles. The van der Waals surface area contributed by atoms with Crippen LogP contribution in [0.4, 0.5) is 0 Å². The van der Waals surface area contributed by atoms with Gasteiger partial charge in [-0.2, -0.15) is 0 Å². The zero-order valence-electron chi connectivity index (χ0n) is 14.3. The minimum absolute atomic E-state index is 0.429. The molecule has 0 radical (unpaired) electrons. The van der Waals surface area contributed by atoms with E-state index >= 15 is 0 Å². The number of rotatable bonds is 5. The summed E-state index contributed by atoms with van der Waals surface area (Å²) in [4.78, 5) is 0. The lowest BCUT2D eigenvalue weighted by atomic mass is 9.76. The maximum absolute atomic E-state index is 11.9. The molecule has 130 valence electrons. The predicted molar refractivity (Wildman–Crippen MR) is 102 cm³/mol. The standard InChI is InChI=1S/C21H21BrO3/c1-24-20(25-2)14-6-9-18(15-20)21(23,16-7-4-3-5-8-16)17-10-12-19(22)13-11-17/h3-14,23H,15H2,1-2H3. The molecule has 3 rings (SSSR count). The second-order valence-corrected chi connectivity index (χ2v) is 6.95. The third kappa shape index (κ3) is 3.35. The van der Waals surface area contributed by atoms with E-state index in [1.807, 2.05) is 72.8 Å². The number of aliphatic hydroxyl groups is 1. The van der Waals surface area contributed by atoms with E-state index in [1.165, 1.54) is 0 Å². The second-order valence-electron chi connectivity index (χ2n) is 6.03. The third-order valence-corrected chi connectivity index (χ3v) is 5.22. The van der Waals surface area contributed by atoms with Crippen molar-refractivity contribution in [3.05, 3.63) is 94.0 Å². The quantitative estimate of drug-likeness (QED) is 0.747. The van der Waals surface area contributed by atoms with Crippen molar-refractivity contribution in [3.63, 3.8) is 0 Å². The van der Waals surface area contributed by atoms with Crippen molar-refractivity contribution in [3.8, 4) is 0 Å². The van der Waals surface area contributed by atoms with Crippen LogP contribution in [-0.2, 0) is 15.1 Å². The van der Waals surface area contributed by atoms with Gasteiger partial charge >= 0.3 is 0 Å². The van der Waals surface area contributed by atoms with Gasteiger partial charge in [0, 0.05) is 25.1 Å². The summed E-state index contributed by atoms with van der Waals surface area (Å²) in [5.41, 5.74) is 1.14. The van der Waals surface area contributed by atoms with Gasteiger partial charge in [-0.1, -0.05) is 70.5 Å². The average Bonchev–Trinajstić information content (AvgIpc) is 2.68. The van der Waals surface area contributed by atoms with E-state index < -0.39 is 11.4 Å². The molecule has 1 aliphatic carbocycles. The fourth-order valence-electron chi connectivity index (χ4n) is 3.21. The van der Waals surface area contributed by atoms with Crippen LogP contribution >= 0.6 is 15.9 Å². The summed E-state index contributed by atoms with van der Waals surface area (Å²) >= 11 is 3.46. The molecule has 0 heterocycles. The Morgan fingerprint density at radius 2 is 1.56 bits per heavy atom. The molecule has 0 saturated heterocycles. The largest absolute Gasteiger partial charge is 0.376 e. The average molecular weight is 401 g/mol. The molecule has 2 aromatic rings. The number of benzene rings is 2. The number of hydrogen-bond donors (Lipinski definition) is 1. The molecule has 0 spiro atoms. The molecular weight excluding hydrogens is 380 g/mol. The van der Waals surface area contributed by atoms with E-state index in [1.54, 1.807) is 14.2 Å². The topological polar surface area (TPSA) is 38.7 Å². The monoisotopic (exact) mass is 400 g/mol. The summed E-state index contributed by atoms with van der Waals surface area (Å²) < 4.78 is 12.1. The summed E-state index contributed by atoms with van der Waals surface area (Å²) in [6, 6.07) is 17.4. The Morgan fingerprint density at radius 1 is 0.960 bits per heavy atom. The van der Waals surface area contributed by atoms with E-state index in [0.717, 1.165) is 21.2 Å². The van der Waals surface area contributed by atoms with E-state index in [4.69, 9.17) is 9.47 Å². The first-order valence-electron chi connectivity index (χ1n) is 8.07. The van der Waals surface area contributed by atoms with E-state index in [-0.39, 0.29) is 0 Å². The Labute approximate surface area is 156 Å². The van der Waals surface area contributed by atoms with Gasteiger partial charge in [0.1, 0.15) is 5.60 Å². The zero-order chi connectivity index (χ0) is 17.9. The van der Waals surface area contributed by atoms with E-state index in [2.05, 4.69) is 15.9 Å². The molecule has 0 fully saturated rings. The highest BCUT2D eigenvalue weighted by Gasteiger charge is 2.41. The van der Waals surface area contributed by atoms with Gasteiger partial charge in [-0.25, -0.2) is 0 Å². The van der Waals surface area contributed by atoms with Crippen LogP contribution in [0.1, 0.15) is 17.5 Å². The first kappa shape index (κ1) is 18.1. The molecule has 4 heteroatoms. The fraction of sp³-hybridized carbons (Fsp3) is 0.238. The van der Waals surface area contributed by atoms with Gasteiger partial charge in [0.15, 0.2) is 5.79 Å². The first-order valence-corrected chi connectivity index (χ1v) is 8.86. The Hall–Kier alpha value is -1.72. The Kier molecular flexibility index (Phi) is 5.25. The molecule has 0 bridgehead atoms. The molecule has 25 heavy (non-hydrogen) atoms. The molecule has 2 aromatic carbocycles. The van der Waals surface area contributed by atoms with Crippen LogP contribution in [0.25, 0.3) is 0 Å². The Bertz CT molecular complexity index is 777. The van der Waals surface area contributed by atoms with E-state index in [9.17, 15) is 5.11 Å². The minimum Gasteiger partial charge on any atom is -0.376 e. The van der Waals surface area contributed by atoms with Crippen molar-refractivity contribution in [2.75, 3.05) is 14.2 Å². The second kappa shape index (κ2) is 7.26. The maximum Gasteiger partial charge on any atom is 0.191 e. The highest BCUT2D eigenvalue weighted by atomic mass is 79.9. The van der Waals surface area contributed by atoms with Crippen LogP contribution in [-0.4, -0.2) is 25.1 Å². The molecule has 1 atom stereocenters. The molecule has 1 aliphatic rings. The van der Waals surface area contributed by atoms with Gasteiger partial charge in [-0.05, 0) is 34.9 Å². The van der Waals surface area contributed by atoms with Crippen LogP contribution in [0, 0.1) is 0 Å². The summed E-state index contributed by atoms with van der Waals surface area (Å²) in [6.07, 6.45) is 6.10. The smallest absolute Gasteiger partial charge is 0.191 e. The van der Waals surface area contributed by atoms with E-state index in [0.29, 0.717) is 6.42 Å². The van der Waals surface area contributed by atoms with Crippen molar-refractivity contribution in [1.29, 1.82) is 0 Å². The van der Waals surface area contributed by atoms with Gasteiger partial charge < -0.3 is 14.6 Å². The molecule has 0 aliphatic heterocycles. The molecule has 1 N–H and O–H groups in total. The highest BCUT2D eigenvalue weighted by Crippen LogP contribution is 2.43. The van der Waals surface area contributed by atoms with Crippen molar-refractivity contribution < 1.29 is 14.6 Å². The number of allylic oxidation sites excluding steroid dienone is 2. The number of hydrogen-bond acceptors (Lipinski definition) is 3. The first-order chi connectivity index (χ1) is 12.0. The van der Waals surface area contributed by atoms with Gasteiger partial charge in [-0.3, -0.25) is 0 Å². The van der Waals surface area contributed by atoms with Crippen LogP contribution < -0.4 is 0 Å². The van der Waals surface area contributed by atoms with Crippen molar-refractivity contribution in [2.45, 2.75) is 17.8 Å². The Balaban J connectivity index is 2.14. The number of methoxy groups -OCH3 is 2.